The molecule has 0 atom stereocenters. The van der Waals surface area contributed by atoms with Crippen molar-refractivity contribution >= 4 is 18.1 Å². The fraction of sp³-hybridized carbons (Fsp3) is 0.357. The van der Waals surface area contributed by atoms with Crippen LogP contribution >= 0.6 is 0 Å². The fourth-order valence-corrected chi connectivity index (χ4v) is 1.62. The van der Waals surface area contributed by atoms with Crippen LogP contribution in [0.4, 0.5) is 0 Å². The Hall–Kier alpha value is -2.57. The Morgan fingerprint density at radius 2 is 1.86 bits per heavy atom. The van der Waals surface area contributed by atoms with Crippen molar-refractivity contribution in [2.75, 3.05) is 0 Å². The van der Waals surface area contributed by atoms with Crippen LogP contribution in [0.5, 0.6) is 11.5 Å². The number of aliphatic carboxylic acids is 1. The number of para-hydroxylation sites is 1. The minimum atomic E-state index is -0.838. The predicted molar refractivity (Wildman–Crippen MR) is 76.2 cm³/mol. The maximum atomic E-state index is 11.4. The van der Waals surface area contributed by atoms with Gasteiger partial charge in [-0.2, -0.15) is 5.10 Å². The molecule has 0 aliphatic rings. The van der Waals surface area contributed by atoms with E-state index in [-0.39, 0.29) is 35.8 Å². The summed E-state index contributed by atoms with van der Waals surface area (Å²) in [5.41, 5.74) is 2.59. The number of amides is 1. The summed E-state index contributed by atoms with van der Waals surface area (Å²) in [5.74, 6) is -1.69. The van der Waals surface area contributed by atoms with Gasteiger partial charge in [-0.25, -0.2) is 5.43 Å². The molecule has 0 saturated heterocycles. The van der Waals surface area contributed by atoms with E-state index < -0.39 is 5.97 Å². The molecule has 0 fully saturated rings. The molecular weight excluding hydrogens is 276 g/mol. The van der Waals surface area contributed by atoms with Gasteiger partial charge in [0, 0.05) is 18.4 Å². The molecule has 0 aliphatic heterocycles. The van der Waals surface area contributed by atoms with E-state index in [1.54, 1.807) is 6.07 Å². The lowest BCUT2D eigenvalue weighted by molar-refractivity contribution is -0.137. The summed E-state index contributed by atoms with van der Waals surface area (Å²) in [4.78, 5) is 21.7. The molecule has 0 aromatic heterocycles. The summed E-state index contributed by atoms with van der Waals surface area (Å²) in [6, 6.07) is 4.42. The quantitative estimate of drug-likeness (QED) is 0.251. The van der Waals surface area contributed by atoms with E-state index in [0.717, 1.165) is 0 Å². The third kappa shape index (κ3) is 6.42. The highest BCUT2D eigenvalue weighted by atomic mass is 16.4. The number of benzene rings is 1. The van der Waals surface area contributed by atoms with Gasteiger partial charge in [0.1, 0.15) is 0 Å². The number of nitrogens with one attached hydrogen (secondary N) is 1. The Morgan fingerprint density at radius 1 is 1.14 bits per heavy atom. The number of carbonyl (C=O) groups excluding carboxylic acids is 1. The molecule has 0 spiro atoms. The molecule has 0 bridgehead atoms. The van der Waals surface area contributed by atoms with Crippen LogP contribution in [0.15, 0.2) is 23.3 Å². The van der Waals surface area contributed by atoms with Crippen molar-refractivity contribution in [1.82, 2.24) is 5.43 Å². The zero-order valence-electron chi connectivity index (χ0n) is 11.5. The normalized spacial score (nSPS) is 10.7. The number of nitrogens with zero attached hydrogens (tertiary/aromatic N) is 1. The molecule has 7 nitrogen and oxygen atoms in total. The van der Waals surface area contributed by atoms with E-state index in [0.29, 0.717) is 19.3 Å². The summed E-state index contributed by atoms with van der Waals surface area (Å²) in [6.45, 7) is 0. The Bertz CT molecular complexity index is 528. The Labute approximate surface area is 121 Å². The molecule has 7 heteroatoms. The van der Waals surface area contributed by atoms with Crippen LogP contribution < -0.4 is 5.43 Å². The van der Waals surface area contributed by atoms with Crippen LogP contribution in [0.3, 0.4) is 0 Å². The maximum absolute atomic E-state index is 11.4. The lowest BCUT2D eigenvalue weighted by Crippen LogP contribution is -2.16. The smallest absolute Gasteiger partial charge is 0.303 e. The highest BCUT2D eigenvalue weighted by molar-refractivity contribution is 5.86. The van der Waals surface area contributed by atoms with Gasteiger partial charge in [-0.1, -0.05) is 12.5 Å². The number of carboxylic acids is 1. The number of carbonyl (C=O) groups is 2. The molecule has 1 aromatic carbocycles. The van der Waals surface area contributed by atoms with E-state index in [1.165, 1.54) is 18.3 Å². The van der Waals surface area contributed by atoms with E-state index in [1.807, 2.05) is 0 Å². The average molecular weight is 294 g/mol. The lowest BCUT2D eigenvalue weighted by Gasteiger charge is -2.01. The Balaban J connectivity index is 2.28. The molecule has 0 heterocycles. The van der Waals surface area contributed by atoms with Crippen molar-refractivity contribution < 1.29 is 24.9 Å². The van der Waals surface area contributed by atoms with Crippen LogP contribution in [0.2, 0.25) is 0 Å². The first-order valence-corrected chi connectivity index (χ1v) is 6.55. The number of rotatable bonds is 8. The predicted octanol–water partition coefficient (Wildman–Crippen LogP) is 1.58. The Kier molecular flexibility index (Phi) is 6.73. The van der Waals surface area contributed by atoms with Gasteiger partial charge >= 0.3 is 5.97 Å². The summed E-state index contributed by atoms with van der Waals surface area (Å²) in [6.07, 6.45) is 3.39. The molecule has 0 radical (unpaired) electrons. The number of hydrogen-bond acceptors (Lipinski definition) is 5. The zero-order valence-corrected chi connectivity index (χ0v) is 11.5. The topological polar surface area (TPSA) is 119 Å². The number of phenolic OH excluding ortho intramolecular Hbond substituents is 2. The first kappa shape index (κ1) is 16.5. The molecular formula is C14H18N2O5. The van der Waals surface area contributed by atoms with Gasteiger partial charge in [0.25, 0.3) is 0 Å². The van der Waals surface area contributed by atoms with Crippen LogP contribution in [-0.4, -0.2) is 33.4 Å². The first-order valence-electron chi connectivity index (χ1n) is 6.55. The minimum absolute atomic E-state index is 0.108. The largest absolute Gasteiger partial charge is 0.504 e. The molecule has 0 saturated carbocycles. The van der Waals surface area contributed by atoms with Crippen molar-refractivity contribution in [3.8, 4) is 11.5 Å². The van der Waals surface area contributed by atoms with Crippen molar-refractivity contribution in [2.45, 2.75) is 32.1 Å². The number of hydrazone groups is 1. The summed E-state index contributed by atoms with van der Waals surface area (Å²) < 4.78 is 0. The summed E-state index contributed by atoms with van der Waals surface area (Å²) >= 11 is 0. The number of unbranched alkanes of at least 4 members (excludes halogenated alkanes) is 2. The first-order chi connectivity index (χ1) is 10.0. The molecule has 1 aromatic rings. The van der Waals surface area contributed by atoms with Crippen LogP contribution in [0, 0.1) is 0 Å². The molecule has 0 aliphatic carbocycles. The van der Waals surface area contributed by atoms with Crippen molar-refractivity contribution in [3.63, 3.8) is 0 Å². The second kappa shape index (κ2) is 8.57. The van der Waals surface area contributed by atoms with Gasteiger partial charge in [-0.3, -0.25) is 9.59 Å². The SMILES string of the molecule is O=C(O)CCCCCC(=O)N/N=C/c1cccc(O)c1O. The fourth-order valence-electron chi connectivity index (χ4n) is 1.62. The van der Waals surface area contributed by atoms with Gasteiger partial charge in [-0.05, 0) is 25.0 Å². The van der Waals surface area contributed by atoms with E-state index in [4.69, 9.17) is 5.11 Å². The second-order valence-electron chi connectivity index (χ2n) is 4.46. The molecule has 4 N–H and O–H groups in total. The average Bonchev–Trinajstić information content (AvgIpc) is 2.43. The zero-order chi connectivity index (χ0) is 15.7. The minimum Gasteiger partial charge on any atom is -0.504 e. The molecule has 114 valence electrons. The number of hydrogen-bond donors (Lipinski definition) is 4. The van der Waals surface area contributed by atoms with Crippen molar-refractivity contribution in [3.05, 3.63) is 23.8 Å². The summed E-state index contributed by atoms with van der Waals surface area (Å²) in [7, 11) is 0. The van der Waals surface area contributed by atoms with Crippen LogP contribution in [-0.2, 0) is 9.59 Å². The highest BCUT2D eigenvalue weighted by Gasteiger charge is 2.04. The molecule has 0 unspecified atom stereocenters. The highest BCUT2D eigenvalue weighted by Crippen LogP contribution is 2.26. The molecule has 1 rings (SSSR count). The van der Waals surface area contributed by atoms with Gasteiger partial charge < -0.3 is 15.3 Å². The van der Waals surface area contributed by atoms with Crippen LogP contribution in [0.25, 0.3) is 0 Å². The lowest BCUT2D eigenvalue weighted by atomic mass is 10.1. The van der Waals surface area contributed by atoms with Gasteiger partial charge in [0.15, 0.2) is 11.5 Å². The Morgan fingerprint density at radius 3 is 2.57 bits per heavy atom. The van der Waals surface area contributed by atoms with Gasteiger partial charge in [-0.15, -0.1) is 0 Å². The van der Waals surface area contributed by atoms with Gasteiger partial charge in [0.05, 0.1) is 6.21 Å². The number of carboxylic acid groups (broad SMARTS) is 1. The monoisotopic (exact) mass is 294 g/mol. The number of aromatic hydroxyl groups is 2. The van der Waals surface area contributed by atoms with Crippen molar-refractivity contribution in [1.29, 1.82) is 0 Å². The van der Waals surface area contributed by atoms with Gasteiger partial charge in [0.2, 0.25) is 5.91 Å². The molecule has 21 heavy (non-hydrogen) atoms. The standard InChI is InChI=1S/C14H18N2O5/c17-11-6-4-5-10(14(11)21)9-15-16-12(18)7-2-1-3-8-13(19)20/h4-6,9,17,21H,1-3,7-8H2,(H,16,18)(H,19,20)/b15-9+. The van der Waals surface area contributed by atoms with Crippen LogP contribution in [0.1, 0.15) is 37.7 Å². The third-order valence-electron chi connectivity index (χ3n) is 2.73. The molecule has 1 amide bonds. The summed E-state index contributed by atoms with van der Waals surface area (Å²) in [5, 5.41) is 30.9. The third-order valence-corrected chi connectivity index (χ3v) is 2.73. The van der Waals surface area contributed by atoms with E-state index in [2.05, 4.69) is 10.5 Å². The number of phenols is 2. The second-order valence-corrected chi connectivity index (χ2v) is 4.46. The van der Waals surface area contributed by atoms with E-state index >= 15 is 0 Å². The van der Waals surface area contributed by atoms with E-state index in [9.17, 15) is 19.8 Å². The maximum Gasteiger partial charge on any atom is 0.303 e. The van der Waals surface area contributed by atoms with Crippen molar-refractivity contribution in [2.24, 2.45) is 5.10 Å².